The molecular formula is C10H10F2N2O5S. The number of hydrogen-bond acceptors (Lipinski definition) is 4. The Kier molecular flexibility index (Phi) is 4.73. The van der Waals surface area contributed by atoms with E-state index < -0.39 is 50.9 Å². The molecule has 0 spiro atoms. The summed E-state index contributed by atoms with van der Waals surface area (Å²) in [6.45, 7) is 0. The number of primary amides is 1. The van der Waals surface area contributed by atoms with Crippen molar-refractivity contribution >= 4 is 21.9 Å². The minimum absolute atomic E-state index is 0.696. The van der Waals surface area contributed by atoms with E-state index in [0.29, 0.717) is 12.1 Å². The molecular weight excluding hydrogens is 298 g/mol. The fourth-order valence-electron chi connectivity index (χ4n) is 1.37. The van der Waals surface area contributed by atoms with Crippen LogP contribution in [0.4, 0.5) is 8.78 Å². The van der Waals surface area contributed by atoms with Gasteiger partial charge in [0.05, 0.1) is 6.42 Å². The average molecular weight is 308 g/mol. The zero-order chi connectivity index (χ0) is 15.5. The molecule has 1 aromatic carbocycles. The molecule has 0 saturated heterocycles. The highest BCUT2D eigenvalue weighted by atomic mass is 32.2. The molecule has 1 unspecified atom stereocenters. The molecule has 0 aliphatic carbocycles. The molecule has 1 rings (SSSR count). The number of carbonyl (C=O) groups excluding carboxylic acids is 1. The van der Waals surface area contributed by atoms with Crippen LogP contribution in [0, 0.1) is 11.6 Å². The van der Waals surface area contributed by atoms with Gasteiger partial charge in [-0.1, -0.05) is 6.07 Å². The highest BCUT2D eigenvalue weighted by Gasteiger charge is 2.30. The third-order valence-electron chi connectivity index (χ3n) is 2.19. The number of amides is 1. The Hall–Kier alpha value is -2.07. The normalized spacial score (nSPS) is 12.9. The smallest absolute Gasteiger partial charge is 0.322 e. The first kappa shape index (κ1) is 16.0. The lowest BCUT2D eigenvalue weighted by Gasteiger charge is -2.14. The van der Waals surface area contributed by atoms with E-state index in [0.717, 1.165) is 6.07 Å². The predicted molar refractivity (Wildman–Crippen MR) is 61.9 cm³/mol. The van der Waals surface area contributed by atoms with E-state index in [1.165, 1.54) is 4.72 Å². The Morgan fingerprint density at radius 3 is 2.20 bits per heavy atom. The third kappa shape index (κ3) is 3.71. The third-order valence-corrected chi connectivity index (χ3v) is 3.71. The summed E-state index contributed by atoms with van der Waals surface area (Å²) in [5, 5.41) is 8.75. The van der Waals surface area contributed by atoms with Crippen molar-refractivity contribution in [2.45, 2.75) is 17.4 Å². The molecule has 0 aliphatic heterocycles. The van der Waals surface area contributed by atoms with Gasteiger partial charge in [0.15, 0.2) is 4.90 Å². The van der Waals surface area contributed by atoms with E-state index in [4.69, 9.17) is 10.8 Å². The number of carbonyl (C=O) groups is 2. The molecule has 10 heteroatoms. The topological polar surface area (TPSA) is 127 Å². The Bertz CT molecular complexity index is 627. The Balaban J connectivity index is 3.17. The molecule has 0 heterocycles. The number of sulfonamides is 1. The van der Waals surface area contributed by atoms with Crippen LogP contribution >= 0.6 is 0 Å². The van der Waals surface area contributed by atoms with Crippen LogP contribution in [-0.4, -0.2) is 31.4 Å². The van der Waals surface area contributed by atoms with Gasteiger partial charge in [-0.2, -0.15) is 4.72 Å². The van der Waals surface area contributed by atoms with Crippen LogP contribution in [0.2, 0.25) is 0 Å². The van der Waals surface area contributed by atoms with E-state index in [1.54, 1.807) is 0 Å². The number of carboxylic acid groups (broad SMARTS) is 1. The van der Waals surface area contributed by atoms with Gasteiger partial charge in [0.2, 0.25) is 15.9 Å². The molecule has 4 N–H and O–H groups in total. The molecule has 0 bridgehead atoms. The molecule has 1 atom stereocenters. The monoisotopic (exact) mass is 308 g/mol. The first-order valence-corrected chi connectivity index (χ1v) is 6.61. The molecule has 0 aliphatic rings. The first-order chi connectivity index (χ1) is 9.15. The lowest BCUT2D eigenvalue weighted by Crippen LogP contribution is -2.43. The second-order valence-corrected chi connectivity index (χ2v) is 5.38. The number of benzene rings is 1. The fourth-order valence-corrected chi connectivity index (χ4v) is 2.69. The number of rotatable bonds is 6. The van der Waals surface area contributed by atoms with E-state index in [9.17, 15) is 26.8 Å². The molecule has 0 radical (unpaired) electrons. The molecule has 1 amide bonds. The zero-order valence-corrected chi connectivity index (χ0v) is 10.7. The summed E-state index contributed by atoms with van der Waals surface area (Å²) in [5.74, 6) is -5.57. The van der Waals surface area contributed by atoms with E-state index in [2.05, 4.69) is 0 Å². The van der Waals surface area contributed by atoms with Crippen LogP contribution in [0.15, 0.2) is 23.1 Å². The standard InChI is InChI=1S/C10H10F2N2O5S/c11-5-2-1-3-6(12)9(5)20(18,19)14-7(10(16)17)4-8(13)15/h1-3,7,14H,4H2,(H2,13,15)(H,16,17). The van der Waals surface area contributed by atoms with Crippen LogP contribution in [0.5, 0.6) is 0 Å². The summed E-state index contributed by atoms with van der Waals surface area (Å²) in [6.07, 6.45) is -0.857. The van der Waals surface area contributed by atoms with Crippen LogP contribution in [0.3, 0.4) is 0 Å². The van der Waals surface area contributed by atoms with Gasteiger partial charge in [-0.05, 0) is 12.1 Å². The van der Waals surface area contributed by atoms with Crippen molar-refractivity contribution in [3.63, 3.8) is 0 Å². The minimum atomic E-state index is -4.80. The molecule has 7 nitrogen and oxygen atoms in total. The van der Waals surface area contributed by atoms with Crippen LogP contribution in [0.1, 0.15) is 6.42 Å². The van der Waals surface area contributed by atoms with Crippen molar-refractivity contribution < 1.29 is 31.9 Å². The fraction of sp³-hybridized carbons (Fsp3) is 0.200. The summed E-state index contributed by atoms with van der Waals surface area (Å²) >= 11 is 0. The molecule has 20 heavy (non-hydrogen) atoms. The van der Waals surface area contributed by atoms with Gasteiger partial charge in [0.1, 0.15) is 17.7 Å². The number of aliphatic carboxylic acids is 1. The van der Waals surface area contributed by atoms with Gasteiger partial charge < -0.3 is 10.8 Å². The van der Waals surface area contributed by atoms with Crippen LogP contribution < -0.4 is 10.5 Å². The average Bonchev–Trinajstić information content (AvgIpc) is 2.26. The molecule has 0 aromatic heterocycles. The van der Waals surface area contributed by atoms with E-state index >= 15 is 0 Å². The first-order valence-electron chi connectivity index (χ1n) is 5.12. The highest BCUT2D eigenvalue weighted by molar-refractivity contribution is 7.89. The van der Waals surface area contributed by atoms with Crippen molar-refractivity contribution in [1.82, 2.24) is 4.72 Å². The van der Waals surface area contributed by atoms with Crippen molar-refractivity contribution in [2.24, 2.45) is 5.73 Å². The van der Waals surface area contributed by atoms with Gasteiger partial charge in [-0.3, -0.25) is 9.59 Å². The Morgan fingerprint density at radius 2 is 1.80 bits per heavy atom. The highest BCUT2D eigenvalue weighted by Crippen LogP contribution is 2.18. The maximum absolute atomic E-state index is 13.4. The van der Waals surface area contributed by atoms with Crippen LogP contribution in [-0.2, 0) is 19.6 Å². The molecule has 1 aromatic rings. The van der Waals surface area contributed by atoms with Gasteiger partial charge in [0, 0.05) is 0 Å². The summed E-state index contributed by atoms with van der Waals surface area (Å²) in [4.78, 5) is 20.1. The summed E-state index contributed by atoms with van der Waals surface area (Å²) in [7, 11) is -4.80. The second kappa shape index (κ2) is 5.92. The largest absolute Gasteiger partial charge is 0.480 e. The molecule has 0 saturated carbocycles. The van der Waals surface area contributed by atoms with E-state index in [-0.39, 0.29) is 0 Å². The van der Waals surface area contributed by atoms with Crippen LogP contribution in [0.25, 0.3) is 0 Å². The maximum Gasteiger partial charge on any atom is 0.322 e. The van der Waals surface area contributed by atoms with Gasteiger partial charge >= 0.3 is 5.97 Å². The number of carboxylic acids is 1. The van der Waals surface area contributed by atoms with Gasteiger partial charge in [-0.25, -0.2) is 17.2 Å². The lowest BCUT2D eigenvalue weighted by molar-refractivity contribution is -0.140. The van der Waals surface area contributed by atoms with E-state index in [1.807, 2.05) is 0 Å². The summed E-state index contributed by atoms with van der Waals surface area (Å²) in [5.41, 5.74) is 4.76. The zero-order valence-electron chi connectivity index (χ0n) is 9.84. The Labute approximate surface area is 112 Å². The Morgan fingerprint density at radius 1 is 1.30 bits per heavy atom. The number of nitrogens with one attached hydrogen (secondary N) is 1. The number of nitrogens with two attached hydrogens (primary N) is 1. The number of hydrogen-bond donors (Lipinski definition) is 3. The van der Waals surface area contributed by atoms with Crippen molar-refractivity contribution in [2.75, 3.05) is 0 Å². The molecule has 110 valence electrons. The quantitative estimate of drug-likeness (QED) is 0.657. The number of halogens is 2. The van der Waals surface area contributed by atoms with Crippen molar-refractivity contribution in [3.05, 3.63) is 29.8 Å². The molecule has 0 fully saturated rings. The van der Waals surface area contributed by atoms with Crippen molar-refractivity contribution in [1.29, 1.82) is 0 Å². The SMILES string of the molecule is NC(=O)CC(NS(=O)(=O)c1c(F)cccc1F)C(=O)O. The predicted octanol–water partition coefficient (Wildman–Crippen LogP) is -0.428. The van der Waals surface area contributed by atoms with Gasteiger partial charge in [0.25, 0.3) is 0 Å². The van der Waals surface area contributed by atoms with Crippen molar-refractivity contribution in [3.8, 4) is 0 Å². The lowest BCUT2D eigenvalue weighted by atomic mass is 10.2. The maximum atomic E-state index is 13.4. The minimum Gasteiger partial charge on any atom is -0.480 e. The summed E-state index contributed by atoms with van der Waals surface area (Å²) in [6, 6.07) is 0.418. The summed E-state index contributed by atoms with van der Waals surface area (Å²) < 4.78 is 51.8. The van der Waals surface area contributed by atoms with Gasteiger partial charge in [-0.15, -0.1) is 0 Å². The second-order valence-electron chi connectivity index (χ2n) is 3.73.